The van der Waals surface area contributed by atoms with Gasteiger partial charge in [-0.25, -0.2) is 4.98 Å². The second kappa shape index (κ2) is 6.52. The van der Waals surface area contributed by atoms with Crippen molar-refractivity contribution >= 4 is 45.9 Å². The third-order valence-electron chi connectivity index (χ3n) is 3.90. The van der Waals surface area contributed by atoms with E-state index in [4.69, 9.17) is 11.1 Å². The molecule has 0 aliphatic heterocycles. The Labute approximate surface area is 149 Å². The number of H-pyrrole nitrogens is 1. The molecule has 0 aliphatic carbocycles. The average molecular weight is 344 g/mol. The van der Waals surface area contributed by atoms with Gasteiger partial charge in [0, 0.05) is 34.7 Å². The molecule has 2 aromatic carbocycles. The van der Waals surface area contributed by atoms with Gasteiger partial charge in [0.05, 0.1) is 17.4 Å². The third kappa shape index (κ3) is 3.03. The van der Waals surface area contributed by atoms with E-state index in [-0.39, 0.29) is 0 Å². The fourth-order valence-corrected chi connectivity index (χ4v) is 2.61. The summed E-state index contributed by atoms with van der Waals surface area (Å²) >= 11 is 0. The van der Waals surface area contributed by atoms with Crippen LogP contribution in [-0.4, -0.2) is 26.4 Å². The fraction of sp³-hybridized carbons (Fsp3) is 0. The summed E-state index contributed by atoms with van der Waals surface area (Å²) in [5.41, 5.74) is 9.60. The molecular formula is C18H16N8. The molecule has 2 aromatic heterocycles. The monoisotopic (exact) mass is 344 g/mol. The molecule has 6 N–H and O–H groups in total. The average Bonchev–Trinajstić information content (AvgIpc) is 3.13. The zero-order valence-corrected chi connectivity index (χ0v) is 13.7. The first-order valence-electron chi connectivity index (χ1n) is 7.92. The number of fused-ring (bicyclic) bond motifs is 1. The van der Waals surface area contributed by atoms with E-state index in [0.717, 1.165) is 22.3 Å². The number of nitrogen functional groups attached to an aromatic ring is 1. The van der Waals surface area contributed by atoms with E-state index in [9.17, 15) is 0 Å². The molecule has 4 aromatic rings. The first-order chi connectivity index (χ1) is 12.7. The molecule has 0 aliphatic rings. The van der Waals surface area contributed by atoms with Gasteiger partial charge in [0.2, 0.25) is 5.95 Å². The highest BCUT2D eigenvalue weighted by molar-refractivity contribution is 5.92. The van der Waals surface area contributed by atoms with E-state index in [1.54, 1.807) is 30.6 Å². The van der Waals surface area contributed by atoms with Crippen molar-refractivity contribution in [2.24, 2.45) is 0 Å². The van der Waals surface area contributed by atoms with Crippen molar-refractivity contribution < 1.29 is 0 Å². The topological polar surface area (TPSA) is 128 Å². The van der Waals surface area contributed by atoms with E-state index in [1.165, 1.54) is 6.21 Å². The van der Waals surface area contributed by atoms with Gasteiger partial charge in [0.1, 0.15) is 5.82 Å². The molecule has 8 nitrogen and oxygen atoms in total. The zero-order valence-electron chi connectivity index (χ0n) is 13.7. The molecule has 0 amide bonds. The van der Waals surface area contributed by atoms with Gasteiger partial charge in [-0.05, 0) is 36.4 Å². The van der Waals surface area contributed by atoms with Crippen LogP contribution >= 0.6 is 0 Å². The van der Waals surface area contributed by atoms with Gasteiger partial charge in [0.25, 0.3) is 0 Å². The minimum atomic E-state index is 0.440. The van der Waals surface area contributed by atoms with E-state index < -0.39 is 0 Å². The molecule has 128 valence electrons. The normalized spacial score (nSPS) is 10.6. The molecule has 0 unspecified atom stereocenters. The highest BCUT2D eigenvalue weighted by Gasteiger charge is 2.06. The summed E-state index contributed by atoms with van der Waals surface area (Å²) in [5, 5.41) is 21.8. The molecule has 0 spiro atoms. The number of nitrogens with zero attached hydrogens (tertiary/aromatic N) is 3. The Hall–Kier alpha value is -3.94. The van der Waals surface area contributed by atoms with Crippen molar-refractivity contribution in [3.63, 3.8) is 0 Å². The summed E-state index contributed by atoms with van der Waals surface area (Å²) in [7, 11) is 0. The zero-order chi connectivity index (χ0) is 17.9. The summed E-state index contributed by atoms with van der Waals surface area (Å²) in [5.74, 6) is 1.09. The third-order valence-corrected chi connectivity index (χ3v) is 3.90. The van der Waals surface area contributed by atoms with Crippen molar-refractivity contribution in [2.45, 2.75) is 0 Å². The molecule has 0 radical (unpaired) electrons. The molecule has 26 heavy (non-hydrogen) atoms. The molecular weight excluding hydrogens is 328 g/mol. The first kappa shape index (κ1) is 15.6. The highest BCUT2D eigenvalue weighted by atomic mass is 15.1. The molecule has 4 rings (SSSR count). The number of nitrogens with one attached hydrogen (secondary N) is 4. The summed E-state index contributed by atoms with van der Waals surface area (Å²) in [6.07, 6.45) is 4.65. The van der Waals surface area contributed by atoms with E-state index in [1.807, 2.05) is 24.3 Å². The second-order valence-corrected chi connectivity index (χ2v) is 5.64. The van der Waals surface area contributed by atoms with Crippen LogP contribution in [-0.2, 0) is 0 Å². The Balaban J connectivity index is 1.59. The molecule has 0 saturated heterocycles. The molecule has 0 bridgehead atoms. The van der Waals surface area contributed by atoms with Crippen LogP contribution in [0.3, 0.4) is 0 Å². The Kier molecular flexibility index (Phi) is 3.91. The summed E-state index contributed by atoms with van der Waals surface area (Å²) in [6, 6.07) is 13.0. The van der Waals surface area contributed by atoms with Crippen molar-refractivity contribution in [3.8, 4) is 0 Å². The second-order valence-electron chi connectivity index (χ2n) is 5.64. The van der Waals surface area contributed by atoms with Crippen LogP contribution in [0, 0.1) is 5.41 Å². The largest absolute Gasteiger partial charge is 0.398 e. The van der Waals surface area contributed by atoms with E-state index in [2.05, 4.69) is 30.8 Å². The Morgan fingerprint density at radius 3 is 2.92 bits per heavy atom. The van der Waals surface area contributed by atoms with Crippen molar-refractivity contribution in [3.05, 3.63) is 60.4 Å². The number of hydrogen-bond acceptors (Lipinski definition) is 7. The number of anilines is 5. The van der Waals surface area contributed by atoms with Crippen LogP contribution < -0.4 is 16.4 Å². The van der Waals surface area contributed by atoms with Gasteiger partial charge in [-0.2, -0.15) is 10.1 Å². The van der Waals surface area contributed by atoms with Crippen LogP contribution in [0.2, 0.25) is 0 Å². The maximum absolute atomic E-state index is 7.39. The van der Waals surface area contributed by atoms with Crippen LogP contribution in [0.15, 0.2) is 54.9 Å². The Morgan fingerprint density at radius 1 is 1.12 bits per heavy atom. The number of hydrogen-bond donors (Lipinski definition) is 5. The summed E-state index contributed by atoms with van der Waals surface area (Å²) in [4.78, 5) is 8.72. The molecule has 8 heteroatoms. The molecule has 0 fully saturated rings. The quantitative estimate of drug-likeness (QED) is 0.279. The van der Waals surface area contributed by atoms with Gasteiger partial charge in [-0.3, -0.25) is 5.10 Å². The van der Waals surface area contributed by atoms with Crippen molar-refractivity contribution in [2.75, 3.05) is 16.4 Å². The lowest BCUT2D eigenvalue weighted by Crippen LogP contribution is -2.01. The minimum Gasteiger partial charge on any atom is -0.398 e. The number of benzene rings is 2. The lowest BCUT2D eigenvalue weighted by atomic mass is 10.2. The molecule has 0 atom stereocenters. The maximum Gasteiger partial charge on any atom is 0.229 e. The van der Waals surface area contributed by atoms with Gasteiger partial charge < -0.3 is 21.8 Å². The van der Waals surface area contributed by atoms with Crippen LogP contribution in [0.25, 0.3) is 10.9 Å². The minimum absolute atomic E-state index is 0.440. The number of aromatic nitrogens is 4. The first-order valence-corrected chi connectivity index (χ1v) is 7.92. The lowest BCUT2D eigenvalue weighted by molar-refractivity contribution is 1.12. The van der Waals surface area contributed by atoms with Crippen LogP contribution in [0.1, 0.15) is 5.56 Å². The molecule has 0 saturated carbocycles. The Morgan fingerprint density at radius 2 is 2.04 bits per heavy atom. The van der Waals surface area contributed by atoms with Gasteiger partial charge in [-0.1, -0.05) is 6.07 Å². The number of rotatable bonds is 5. The Bertz CT molecular complexity index is 1090. The van der Waals surface area contributed by atoms with E-state index >= 15 is 0 Å². The van der Waals surface area contributed by atoms with Crippen molar-refractivity contribution in [1.82, 2.24) is 20.2 Å². The number of aromatic amines is 1. The predicted molar refractivity (Wildman–Crippen MR) is 103 cm³/mol. The smallest absolute Gasteiger partial charge is 0.229 e. The predicted octanol–water partition coefficient (Wildman–Crippen LogP) is 3.42. The lowest BCUT2D eigenvalue weighted by Gasteiger charge is -2.10. The standard InChI is InChI=1S/C18H16N8/c19-9-11-8-12(4-5-14(11)20)23-18-21-7-6-17(25-18)24-15-2-1-3-16-13(15)10-22-26-16/h1-10,19H,20H2,(H,22,26)(H2,21,23,24,25). The fourth-order valence-electron chi connectivity index (χ4n) is 2.61. The SMILES string of the molecule is N=Cc1cc(Nc2nccc(Nc3cccc4[nH]ncc34)n2)ccc1N. The van der Waals surface area contributed by atoms with Gasteiger partial charge >= 0.3 is 0 Å². The van der Waals surface area contributed by atoms with Crippen molar-refractivity contribution in [1.29, 1.82) is 5.41 Å². The maximum atomic E-state index is 7.39. The summed E-state index contributed by atoms with van der Waals surface area (Å²) < 4.78 is 0. The van der Waals surface area contributed by atoms with Gasteiger partial charge in [0.15, 0.2) is 0 Å². The number of nitrogens with two attached hydrogens (primary N) is 1. The van der Waals surface area contributed by atoms with Gasteiger partial charge in [-0.15, -0.1) is 0 Å². The van der Waals surface area contributed by atoms with Crippen LogP contribution in [0.4, 0.5) is 28.8 Å². The van der Waals surface area contributed by atoms with E-state index in [0.29, 0.717) is 23.0 Å². The summed E-state index contributed by atoms with van der Waals surface area (Å²) in [6.45, 7) is 0. The highest BCUT2D eigenvalue weighted by Crippen LogP contribution is 2.25. The van der Waals surface area contributed by atoms with Crippen LogP contribution in [0.5, 0.6) is 0 Å². The molecule has 2 heterocycles.